The lowest BCUT2D eigenvalue weighted by Crippen LogP contribution is -2.49. The third-order valence-corrected chi connectivity index (χ3v) is 7.23. The van der Waals surface area contributed by atoms with Gasteiger partial charge in [-0.3, -0.25) is 9.78 Å². The zero-order chi connectivity index (χ0) is 23.5. The van der Waals surface area contributed by atoms with Crippen LogP contribution in [0.3, 0.4) is 0 Å². The first-order valence-electron chi connectivity index (χ1n) is 12.1. The molecule has 2 aromatic heterocycles. The molecule has 1 atom stereocenters. The zero-order valence-electron chi connectivity index (χ0n) is 19.5. The monoisotopic (exact) mass is 459 g/mol. The Kier molecular flexibility index (Phi) is 6.26. The van der Waals surface area contributed by atoms with E-state index >= 15 is 0 Å². The van der Waals surface area contributed by atoms with Gasteiger partial charge >= 0.3 is 0 Å². The second-order valence-corrected chi connectivity index (χ2v) is 9.58. The number of anilines is 1. The van der Waals surface area contributed by atoms with E-state index in [4.69, 9.17) is 4.98 Å². The van der Waals surface area contributed by atoms with Crippen LogP contribution in [0.2, 0.25) is 0 Å². The van der Waals surface area contributed by atoms with E-state index in [1.165, 1.54) is 6.07 Å². The van der Waals surface area contributed by atoms with Gasteiger partial charge in [-0.2, -0.15) is 0 Å². The van der Waals surface area contributed by atoms with Gasteiger partial charge in [0.1, 0.15) is 5.82 Å². The van der Waals surface area contributed by atoms with Crippen LogP contribution in [0.4, 0.5) is 10.3 Å². The first-order valence-corrected chi connectivity index (χ1v) is 12.1. The Morgan fingerprint density at radius 3 is 2.56 bits per heavy atom. The van der Waals surface area contributed by atoms with Crippen molar-refractivity contribution in [3.63, 3.8) is 0 Å². The number of carbonyl (C=O) groups excluding carboxylic acids is 1. The number of likely N-dealkylation sites (tertiary alicyclic amines) is 1. The topological polar surface area (TPSA) is 62.2 Å². The third kappa shape index (κ3) is 4.52. The minimum atomic E-state index is -0.404. The number of rotatable bonds is 5. The van der Waals surface area contributed by atoms with Crippen molar-refractivity contribution in [2.75, 3.05) is 24.5 Å². The lowest BCUT2D eigenvalue weighted by atomic mass is 9.79. The number of piperidine rings is 1. The molecule has 2 aliphatic heterocycles. The van der Waals surface area contributed by atoms with Gasteiger partial charge in [0, 0.05) is 49.6 Å². The second kappa shape index (κ2) is 9.49. The van der Waals surface area contributed by atoms with Gasteiger partial charge in [0.2, 0.25) is 11.9 Å². The highest BCUT2D eigenvalue weighted by Gasteiger charge is 2.43. The summed E-state index contributed by atoms with van der Waals surface area (Å²) >= 11 is 0. The summed E-state index contributed by atoms with van der Waals surface area (Å²) in [6.45, 7) is 4.38. The molecule has 2 fully saturated rings. The number of halogens is 1. The number of benzene rings is 1. The van der Waals surface area contributed by atoms with Gasteiger partial charge in [-0.15, -0.1) is 0 Å². The van der Waals surface area contributed by atoms with Gasteiger partial charge in [0.15, 0.2) is 0 Å². The molecule has 1 aromatic carbocycles. The van der Waals surface area contributed by atoms with E-state index in [9.17, 15) is 9.18 Å². The molecule has 0 unspecified atom stereocenters. The number of pyridine rings is 1. The number of hydrogen-bond donors (Lipinski definition) is 0. The van der Waals surface area contributed by atoms with Crippen LogP contribution >= 0.6 is 0 Å². The third-order valence-electron chi connectivity index (χ3n) is 7.23. The molecule has 0 N–H and O–H groups in total. The van der Waals surface area contributed by atoms with Crippen molar-refractivity contribution in [3.05, 3.63) is 83.7 Å². The smallest absolute Gasteiger partial charge is 0.229 e. The predicted molar refractivity (Wildman–Crippen MR) is 129 cm³/mol. The largest absolute Gasteiger partial charge is 0.341 e. The Bertz CT molecular complexity index is 1150. The Balaban J connectivity index is 1.29. The fourth-order valence-electron chi connectivity index (χ4n) is 5.15. The highest BCUT2D eigenvalue weighted by atomic mass is 19.1. The predicted octanol–water partition coefficient (Wildman–Crippen LogP) is 4.57. The summed E-state index contributed by atoms with van der Waals surface area (Å²) in [6.07, 6.45) is 7.36. The van der Waals surface area contributed by atoms with Crippen molar-refractivity contribution in [2.24, 2.45) is 5.41 Å². The van der Waals surface area contributed by atoms with Gasteiger partial charge in [0.25, 0.3) is 0 Å². The van der Waals surface area contributed by atoms with Gasteiger partial charge in [0.05, 0.1) is 11.7 Å². The molecule has 6 nitrogen and oxygen atoms in total. The van der Waals surface area contributed by atoms with Gasteiger partial charge < -0.3 is 9.80 Å². The molecule has 0 spiro atoms. The number of nitrogens with zero attached hydrogens (tertiary/aromatic N) is 5. The maximum absolute atomic E-state index is 14.1. The maximum atomic E-state index is 14.1. The van der Waals surface area contributed by atoms with Crippen molar-refractivity contribution in [3.8, 4) is 0 Å². The average molecular weight is 460 g/mol. The average Bonchev–Trinajstić information content (AvgIpc) is 3.36. The van der Waals surface area contributed by atoms with E-state index in [1.54, 1.807) is 24.5 Å². The molecule has 2 aliphatic rings. The zero-order valence-corrected chi connectivity index (χ0v) is 19.5. The van der Waals surface area contributed by atoms with E-state index in [0.717, 1.165) is 62.7 Å². The standard InChI is InChI=1S/C27H30FN5O/c1-27(12-17-32(18-13-27)26-29-14-6-15-30-26)25(34)33-16-5-11-24(33)23-10-4-8-21(31-23)19-20-7-2-3-9-22(20)28/h2-4,6-10,14-15,24H,5,11-13,16-19H2,1H3/t24-/m1/s1. The molecule has 176 valence electrons. The van der Waals surface area contributed by atoms with Crippen LogP contribution < -0.4 is 4.90 Å². The molecular formula is C27H30FN5O. The molecule has 0 bridgehead atoms. The highest BCUT2D eigenvalue weighted by molar-refractivity contribution is 5.83. The van der Waals surface area contributed by atoms with Crippen LogP contribution in [0.25, 0.3) is 0 Å². The first-order chi connectivity index (χ1) is 16.5. The molecule has 0 radical (unpaired) electrons. The molecule has 0 saturated carbocycles. The minimum Gasteiger partial charge on any atom is -0.341 e. The molecular weight excluding hydrogens is 429 g/mol. The second-order valence-electron chi connectivity index (χ2n) is 9.58. The molecule has 2 saturated heterocycles. The summed E-state index contributed by atoms with van der Waals surface area (Å²) in [7, 11) is 0. The summed E-state index contributed by atoms with van der Waals surface area (Å²) in [5.41, 5.74) is 1.95. The quantitative estimate of drug-likeness (QED) is 0.559. The minimum absolute atomic E-state index is 0.0274. The molecule has 5 rings (SSSR count). The van der Waals surface area contributed by atoms with Crippen molar-refractivity contribution in [1.82, 2.24) is 19.9 Å². The van der Waals surface area contributed by atoms with Gasteiger partial charge in [-0.1, -0.05) is 31.2 Å². The van der Waals surface area contributed by atoms with Crippen molar-refractivity contribution in [1.29, 1.82) is 0 Å². The van der Waals surface area contributed by atoms with E-state index in [-0.39, 0.29) is 17.8 Å². The SMILES string of the molecule is CC1(C(=O)N2CCC[C@@H]2c2cccc(Cc3ccccc3F)n2)CCN(c2ncccn2)CC1. The fourth-order valence-corrected chi connectivity index (χ4v) is 5.15. The normalized spacial score (nSPS) is 19.9. The van der Waals surface area contributed by atoms with E-state index in [0.29, 0.717) is 12.0 Å². The summed E-state index contributed by atoms with van der Waals surface area (Å²) < 4.78 is 14.1. The first kappa shape index (κ1) is 22.4. The van der Waals surface area contributed by atoms with Crippen LogP contribution in [-0.4, -0.2) is 45.4 Å². The molecule has 7 heteroatoms. The highest BCUT2D eigenvalue weighted by Crippen LogP contribution is 2.40. The number of amides is 1. The van der Waals surface area contributed by atoms with Crippen molar-refractivity contribution >= 4 is 11.9 Å². The lowest BCUT2D eigenvalue weighted by Gasteiger charge is -2.41. The van der Waals surface area contributed by atoms with Crippen LogP contribution in [0.15, 0.2) is 60.9 Å². The molecule has 34 heavy (non-hydrogen) atoms. The van der Waals surface area contributed by atoms with Crippen LogP contribution in [-0.2, 0) is 11.2 Å². The van der Waals surface area contributed by atoms with Crippen molar-refractivity contribution in [2.45, 2.75) is 45.1 Å². The summed E-state index contributed by atoms with van der Waals surface area (Å²) in [4.78, 5) is 31.5. The Hall–Kier alpha value is -3.35. The van der Waals surface area contributed by atoms with E-state index < -0.39 is 5.41 Å². The molecule has 3 aromatic rings. The number of hydrogen-bond acceptors (Lipinski definition) is 5. The molecule has 4 heterocycles. The van der Waals surface area contributed by atoms with Crippen LogP contribution in [0, 0.1) is 11.2 Å². The Labute approximate surface area is 199 Å². The summed E-state index contributed by atoms with van der Waals surface area (Å²) in [5.74, 6) is 0.726. The maximum Gasteiger partial charge on any atom is 0.229 e. The van der Waals surface area contributed by atoms with Crippen LogP contribution in [0.1, 0.15) is 55.6 Å². The van der Waals surface area contributed by atoms with Gasteiger partial charge in [-0.25, -0.2) is 14.4 Å². The molecule has 0 aliphatic carbocycles. The van der Waals surface area contributed by atoms with Crippen LogP contribution in [0.5, 0.6) is 0 Å². The Morgan fingerprint density at radius 1 is 1.03 bits per heavy atom. The summed E-state index contributed by atoms with van der Waals surface area (Å²) in [5, 5.41) is 0. The van der Waals surface area contributed by atoms with Crippen molar-refractivity contribution < 1.29 is 9.18 Å². The number of carbonyl (C=O) groups is 1. The summed E-state index contributed by atoms with van der Waals surface area (Å²) in [6, 6.07) is 14.5. The molecule has 1 amide bonds. The van der Waals surface area contributed by atoms with E-state index in [2.05, 4.69) is 21.8 Å². The van der Waals surface area contributed by atoms with Gasteiger partial charge in [-0.05, 0) is 55.5 Å². The van der Waals surface area contributed by atoms with E-state index in [1.807, 2.05) is 35.2 Å². The Morgan fingerprint density at radius 2 is 1.79 bits per heavy atom. The lowest BCUT2D eigenvalue weighted by molar-refractivity contribution is -0.143. The number of aromatic nitrogens is 3. The fraction of sp³-hybridized carbons (Fsp3) is 0.407.